The first kappa shape index (κ1) is 16.6. The van der Waals surface area contributed by atoms with Crippen LogP contribution in [0.25, 0.3) is 0 Å². The highest BCUT2D eigenvalue weighted by molar-refractivity contribution is 5.80. The Labute approximate surface area is 107 Å². The highest BCUT2D eigenvalue weighted by Crippen LogP contribution is 2.11. The Morgan fingerprint density at radius 2 is 1.18 bits per heavy atom. The van der Waals surface area contributed by atoms with Crippen LogP contribution < -0.4 is 5.73 Å². The fourth-order valence-corrected chi connectivity index (χ4v) is 2.09. The average Bonchev–Trinajstić information content (AvgIpc) is 2.35. The molecule has 2 nitrogen and oxygen atoms in total. The fourth-order valence-electron chi connectivity index (χ4n) is 2.09. The molecule has 0 aromatic rings. The summed E-state index contributed by atoms with van der Waals surface area (Å²) in [6.07, 6.45) is 15.3. The Bertz CT molecular complexity index is 168. The lowest BCUT2D eigenvalue weighted by Crippen LogP contribution is -2.12. The lowest BCUT2D eigenvalue weighted by atomic mass is 10.0. The van der Waals surface area contributed by atoms with Crippen molar-refractivity contribution in [3.8, 4) is 0 Å². The first-order valence-electron chi connectivity index (χ1n) is 7.53. The molecule has 0 heterocycles. The van der Waals surface area contributed by atoms with Gasteiger partial charge in [-0.05, 0) is 6.42 Å². The highest BCUT2D eigenvalue weighted by Gasteiger charge is 1.97. The molecule has 0 bridgehead atoms. The van der Waals surface area contributed by atoms with Crippen molar-refractivity contribution in [2.24, 2.45) is 5.73 Å². The van der Waals surface area contributed by atoms with Gasteiger partial charge in [0.15, 0.2) is 0 Å². The van der Waals surface area contributed by atoms with Crippen LogP contribution in [0, 0.1) is 0 Å². The Hall–Kier alpha value is -0.370. The Morgan fingerprint density at radius 1 is 0.765 bits per heavy atom. The van der Waals surface area contributed by atoms with Crippen LogP contribution in [0.5, 0.6) is 0 Å². The molecule has 2 heteroatoms. The van der Waals surface area contributed by atoms with Crippen LogP contribution >= 0.6 is 0 Å². The van der Waals surface area contributed by atoms with E-state index in [0.29, 0.717) is 6.42 Å². The van der Waals surface area contributed by atoms with Gasteiger partial charge in [-0.15, -0.1) is 0 Å². The first-order chi connectivity index (χ1) is 8.31. The summed E-state index contributed by atoms with van der Waals surface area (Å²) >= 11 is 0. The van der Waals surface area contributed by atoms with Gasteiger partial charge >= 0.3 is 0 Å². The third-order valence-corrected chi connectivity index (χ3v) is 3.29. The number of ketones is 1. The largest absolute Gasteiger partial charge is 0.324 e. The zero-order valence-electron chi connectivity index (χ0n) is 11.7. The van der Waals surface area contributed by atoms with Crippen molar-refractivity contribution in [2.75, 3.05) is 6.54 Å². The molecule has 0 aromatic heterocycles. The third kappa shape index (κ3) is 13.6. The van der Waals surface area contributed by atoms with Crippen molar-refractivity contribution in [1.29, 1.82) is 0 Å². The first-order valence-corrected chi connectivity index (χ1v) is 7.53. The molecule has 0 fully saturated rings. The molecule has 102 valence electrons. The van der Waals surface area contributed by atoms with Crippen molar-refractivity contribution in [3.05, 3.63) is 0 Å². The zero-order chi connectivity index (χ0) is 12.8. The van der Waals surface area contributed by atoms with Crippen molar-refractivity contribution in [3.63, 3.8) is 0 Å². The van der Waals surface area contributed by atoms with Gasteiger partial charge in [-0.3, -0.25) is 4.79 Å². The molecule has 0 spiro atoms. The van der Waals surface area contributed by atoms with Gasteiger partial charge in [-0.1, -0.05) is 71.1 Å². The normalized spacial score (nSPS) is 10.7. The zero-order valence-corrected chi connectivity index (χ0v) is 11.7. The number of hydrogen-bond donors (Lipinski definition) is 1. The van der Waals surface area contributed by atoms with Gasteiger partial charge in [-0.25, -0.2) is 0 Å². The number of Topliss-reactive ketones (excluding diaryl/α,β-unsaturated/α-hetero) is 1. The van der Waals surface area contributed by atoms with E-state index in [1.807, 2.05) is 0 Å². The van der Waals surface area contributed by atoms with E-state index < -0.39 is 0 Å². The van der Waals surface area contributed by atoms with Gasteiger partial charge in [0.2, 0.25) is 0 Å². The molecule has 0 radical (unpaired) electrons. The lowest BCUT2D eigenvalue weighted by Gasteiger charge is -2.02. The van der Waals surface area contributed by atoms with Crippen LogP contribution in [0.15, 0.2) is 0 Å². The molecular weight excluding hydrogens is 210 g/mol. The second kappa shape index (κ2) is 13.7. The SMILES string of the molecule is CCCCCCCCCCCCCC(=O)CN. The molecule has 0 aliphatic heterocycles. The standard InChI is InChI=1S/C15H31NO/c1-2-3-4-5-6-7-8-9-10-11-12-13-15(17)14-16/h2-14,16H2,1H3. The predicted molar refractivity (Wildman–Crippen MR) is 75.1 cm³/mol. The van der Waals surface area contributed by atoms with E-state index in [4.69, 9.17) is 5.73 Å². The summed E-state index contributed by atoms with van der Waals surface area (Å²) in [6.45, 7) is 2.48. The van der Waals surface area contributed by atoms with E-state index in [2.05, 4.69) is 6.92 Å². The average molecular weight is 241 g/mol. The van der Waals surface area contributed by atoms with Crippen LogP contribution in [-0.2, 0) is 4.79 Å². The van der Waals surface area contributed by atoms with Crippen LogP contribution in [0.2, 0.25) is 0 Å². The molecule has 2 N–H and O–H groups in total. The van der Waals surface area contributed by atoms with E-state index >= 15 is 0 Å². The molecule has 0 saturated carbocycles. The second-order valence-electron chi connectivity index (χ2n) is 5.03. The van der Waals surface area contributed by atoms with Gasteiger partial charge in [0, 0.05) is 6.42 Å². The van der Waals surface area contributed by atoms with Crippen molar-refractivity contribution in [2.45, 2.75) is 84.0 Å². The minimum Gasteiger partial charge on any atom is -0.324 e. The monoisotopic (exact) mass is 241 g/mol. The summed E-state index contributed by atoms with van der Waals surface area (Å²) in [4.78, 5) is 10.9. The lowest BCUT2D eigenvalue weighted by molar-refractivity contribution is -0.117. The molecule has 0 rings (SSSR count). The number of rotatable bonds is 13. The van der Waals surface area contributed by atoms with E-state index in [9.17, 15) is 4.79 Å². The maximum atomic E-state index is 10.9. The molecule has 0 atom stereocenters. The Morgan fingerprint density at radius 3 is 1.59 bits per heavy atom. The summed E-state index contributed by atoms with van der Waals surface area (Å²) in [5, 5.41) is 0. The van der Waals surface area contributed by atoms with Gasteiger partial charge in [0.25, 0.3) is 0 Å². The van der Waals surface area contributed by atoms with Gasteiger partial charge < -0.3 is 5.73 Å². The quantitative estimate of drug-likeness (QED) is 0.491. The minimum absolute atomic E-state index is 0.209. The predicted octanol–water partition coefficient (Wildman–Crippen LogP) is 4.22. The Balaban J connectivity index is 2.96. The molecular formula is C15H31NO. The number of carbonyl (C=O) groups excluding carboxylic acids is 1. The third-order valence-electron chi connectivity index (χ3n) is 3.29. The fraction of sp³-hybridized carbons (Fsp3) is 0.933. The van der Waals surface area contributed by atoms with Crippen LogP contribution in [0.1, 0.15) is 84.0 Å². The topological polar surface area (TPSA) is 43.1 Å². The van der Waals surface area contributed by atoms with Crippen LogP contribution in [0.3, 0.4) is 0 Å². The summed E-state index contributed by atoms with van der Waals surface area (Å²) in [7, 11) is 0. The molecule has 0 unspecified atom stereocenters. The molecule has 0 aliphatic rings. The summed E-state index contributed by atoms with van der Waals surface area (Å²) in [5.41, 5.74) is 5.25. The molecule has 0 amide bonds. The van der Waals surface area contributed by atoms with Crippen LogP contribution in [0.4, 0.5) is 0 Å². The van der Waals surface area contributed by atoms with Gasteiger partial charge in [0.1, 0.15) is 5.78 Å². The maximum absolute atomic E-state index is 10.9. The number of hydrogen-bond acceptors (Lipinski definition) is 2. The van der Waals surface area contributed by atoms with Gasteiger partial charge in [-0.2, -0.15) is 0 Å². The Kier molecular flexibility index (Phi) is 13.4. The van der Waals surface area contributed by atoms with Gasteiger partial charge in [0.05, 0.1) is 6.54 Å². The smallest absolute Gasteiger partial charge is 0.146 e. The van der Waals surface area contributed by atoms with Crippen molar-refractivity contribution < 1.29 is 4.79 Å². The summed E-state index contributed by atoms with van der Waals surface area (Å²) in [6, 6.07) is 0. The van der Waals surface area contributed by atoms with Crippen molar-refractivity contribution in [1.82, 2.24) is 0 Å². The molecule has 0 saturated heterocycles. The number of nitrogens with two attached hydrogens (primary N) is 1. The molecule has 0 aliphatic carbocycles. The summed E-state index contributed by atoms with van der Waals surface area (Å²) < 4.78 is 0. The number of carbonyl (C=O) groups is 1. The van der Waals surface area contributed by atoms with E-state index in [1.165, 1.54) is 64.2 Å². The summed E-state index contributed by atoms with van der Waals surface area (Å²) in [5.74, 6) is 0.209. The molecule has 17 heavy (non-hydrogen) atoms. The minimum atomic E-state index is 0.209. The second-order valence-corrected chi connectivity index (χ2v) is 5.03. The van der Waals surface area contributed by atoms with Crippen LogP contribution in [-0.4, -0.2) is 12.3 Å². The maximum Gasteiger partial charge on any atom is 0.146 e. The van der Waals surface area contributed by atoms with Crippen molar-refractivity contribution >= 4 is 5.78 Å². The number of unbranched alkanes of at least 4 members (excludes halogenated alkanes) is 10. The van der Waals surface area contributed by atoms with E-state index in [1.54, 1.807) is 0 Å². The van der Waals surface area contributed by atoms with E-state index in [0.717, 1.165) is 6.42 Å². The molecule has 0 aromatic carbocycles. The highest BCUT2D eigenvalue weighted by atomic mass is 16.1. The van der Waals surface area contributed by atoms with E-state index in [-0.39, 0.29) is 12.3 Å².